The minimum Gasteiger partial charge on any atom is -0.365 e. The van der Waals surface area contributed by atoms with Crippen molar-refractivity contribution in [3.8, 4) is 11.3 Å². The van der Waals surface area contributed by atoms with Gasteiger partial charge in [-0.3, -0.25) is 9.48 Å². The van der Waals surface area contributed by atoms with Crippen molar-refractivity contribution in [2.75, 3.05) is 6.54 Å². The summed E-state index contributed by atoms with van der Waals surface area (Å²) in [6.07, 6.45) is 3.71. The Morgan fingerprint density at radius 1 is 1.36 bits per heavy atom. The number of primary amides is 1. The highest BCUT2D eigenvalue weighted by Gasteiger charge is 2.28. The largest absolute Gasteiger partial charge is 0.365 e. The lowest BCUT2D eigenvalue weighted by atomic mass is 10.0. The van der Waals surface area contributed by atoms with E-state index >= 15 is 0 Å². The number of hydrogen-bond acceptors (Lipinski definition) is 3. The van der Waals surface area contributed by atoms with Gasteiger partial charge in [-0.25, -0.2) is 9.38 Å². The highest BCUT2D eigenvalue weighted by atomic mass is 19.1. The first kappa shape index (κ1) is 19.5. The van der Waals surface area contributed by atoms with Crippen LogP contribution in [0.2, 0.25) is 0 Å². The molecule has 0 unspecified atom stereocenters. The molecule has 0 saturated heterocycles. The van der Waals surface area contributed by atoms with Gasteiger partial charge in [0.25, 0.3) is 5.91 Å². The van der Waals surface area contributed by atoms with Crippen molar-refractivity contribution in [1.82, 2.24) is 14.7 Å². The minimum atomic E-state index is -0.576. The van der Waals surface area contributed by atoms with Crippen LogP contribution in [0.5, 0.6) is 0 Å². The molecule has 0 spiro atoms. The van der Waals surface area contributed by atoms with Gasteiger partial charge >= 0.3 is 0 Å². The van der Waals surface area contributed by atoms with E-state index in [0.717, 1.165) is 11.4 Å². The molecule has 3 rings (SSSR count). The zero-order chi connectivity index (χ0) is 20.4. The second-order valence-electron chi connectivity index (χ2n) is 6.85. The molecule has 2 aromatic rings. The number of rotatable bonds is 4. The summed E-state index contributed by atoms with van der Waals surface area (Å²) >= 11 is 0. The number of carbonyl (C=O) groups excluding carboxylic acids is 1. The molecule has 1 aliphatic heterocycles. The van der Waals surface area contributed by atoms with Crippen LogP contribution in [0.25, 0.3) is 11.3 Å². The van der Waals surface area contributed by atoms with Gasteiger partial charge < -0.3 is 10.6 Å². The molecule has 2 N–H and O–H groups in total. The van der Waals surface area contributed by atoms with E-state index < -0.39 is 5.91 Å². The molecule has 0 saturated carbocycles. The molecular weight excluding hydrogens is 357 g/mol. The summed E-state index contributed by atoms with van der Waals surface area (Å²) in [6, 6.07) is 4.61. The van der Waals surface area contributed by atoms with Crippen LogP contribution in [0, 0.1) is 12.7 Å². The van der Waals surface area contributed by atoms with E-state index in [2.05, 4.69) is 21.6 Å². The molecule has 2 heterocycles. The van der Waals surface area contributed by atoms with Crippen molar-refractivity contribution in [1.29, 1.82) is 0 Å². The Labute approximate surface area is 163 Å². The maximum Gasteiger partial charge on any atom is 0.252 e. The molecule has 1 aromatic heterocycles. The second kappa shape index (κ2) is 7.80. The lowest BCUT2D eigenvalue weighted by molar-refractivity contribution is 0.0998. The number of aryl methyl sites for hydroxylation is 1. The predicted octanol–water partition coefficient (Wildman–Crippen LogP) is 3.42. The summed E-state index contributed by atoms with van der Waals surface area (Å²) < 4.78 is 15.7. The number of aliphatic imine (C=N–C) groups is 1. The third-order valence-corrected chi connectivity index (χ3v) is 4.66. The number of benzene rings is 1. The van der Waals surface area contributed by atoms with E-state index in [1.54, 1.807) is 17.7 Å². The van der Waals surface area contributed by atoms with Crippen LogP contribution >= 0.6 is 0 Å². The molecule has 6 nitrogen and oxygen atoms in total. The lowest BCUT2D eigenvalue weighted by Gasteiger charge is -2.29. The van der Waals surface area contributed by atoms with E-state index in [9.17, 15) is 9.18 Å². The van der Waals surface area contributed by atoms with Crippen molar-refractivity contribution in [3.05, 3.63) is 65.3 Å². The Kier molecular flexibility index (Phi) is 5.44. The summed E-state index contributed by atoms with van der Waals surface area (Å²) in [5.41, 5.74) is 9.09. The topological polar surface area (TPSA) is 76.5 Å². The van der Waals surface area contributed by atoms with Crippen molar-refractivity contribution >= 4 is 11.7 Å². The predicted molar refractivity (Wildman–Crippen MR) is 108 cm³/mol. The Bertz CT molecular complexity index is 982. The van der Waals surface area contributed by atoms with Gasteiger partial charge in [0.15, 0.2) is 0 Å². The number of amides is 1. The smallest absolute Gasteiger partial charge is 0.252 e. The maximum atomic E-state index is 13.9. The van der Waals surface area contributed by atoms with Gasteiger partial charge in [-0.1, -0.05) is 12.7 Å². The van der Waals surface area contributed by atoms with Gasteiger partial charge in [0.05, 0.1) is 30.0 Å². The number of nitrogens with zero attached hydrogens (tertiary/aromatic N) is 4. The molecule has 0 radical (unpaired) electrons. The Morgan fingerprint density at radius 3 is 2.75 bits per heavy atom. The zero-order valence-electron chi connectivity index (χ0n) is 16.4. The number of allylic oxidation sites excluding steroid dienone is 2. The minimum absolute atomic E-state index is 0.329. The van der Waals surface area contributed by atoms with Crippen LogP contribution in [0.15, 0.2) is 47.6 Å². The van der Waals surface area contributed by atoms with Gasteiger partial charge in [-0.05, 0) is 50.6 Å². The molecule has 146 valence electrons. The summed E-state index contributed by atoms with van der Waals surface area (Å²) in [7, 11) is 0. The zero-order valence-corrected chi connectivity index (χ0v) is 16.4. The van der Waals surface area contributed by atoms with Gasteiger partial charge in [-0.2, -0.15) is 5.10 Å². The van der Waals surface area contributed by atoms with Gasteiger partial charge in [-0.15, -0.1) is 0 Å². The molecule has 1 amide bonds. The molecule has 1 aromatic carbocycles. The quantitative estimate of drug-likeness (QED) is 0.501. The standard InChI is InChI=1S/C21H24FN5O/c1-5-6-14(3)24-15(4)26-7-8-27-18(12-26)19(21(23)28)20(25-27)16-9-13(2)10-17(22)11-16/h5-6,9-11H,3,7-8,12H2,1-2,4H3,(H2,23,28)/b6-5-,24-15?. The SMILES string of the molecule is C=C(/C=C\C)N=C(C)N1CCn2nc(-c3cc(C)cc(F)c3)c(C(N)=O)c2C1. The fourth-order valence-electron chi connectivity index (χ4n) is 3.44. The number of fused-ring (bicyclic) bond motifs is 1. The Hall–Kier alpha value is -3.22. The summed E-state index contributed by atoms with van der Waals surface area (Å²) in [6.45, 7) is 11.2. The number of aromatic nitrogens is 2. The van der Waals surface area contributed by atoms with Crippen molar-refractivity contribution in [3.63, 3.8) is 0 Å². The fraction of sp³-hybridized carbons (Fsp3) is 0.286. The molecule has 1 aliphatic rings. The van der Waals surface area contributed by atoms with Crippen LogP contribution in [0.3, 0.4) is 0 Å². The summed E-state index contributed by atoms with van der Waals surface area (Å²) in [5, 5.41) is 4.56. The lowest BCUT2D eigenvalue weighted by Crippen LogP contribution is -2.38. The average Bonchev–Trinajstić information content (AvgIpc) is 2.99. The molecule has 0 fully saturated rings. The van der Waals surface area contributed by atoms with Gasteiger partial charge in [0.2, 0.25) is 0 Å². The van der Waals surface area contributed by atoms with Crippen LogP contribution in [0.4, 0.5) is 4.39 Å². The highest BCUT2D eigenvalue weighted by molar-refractivity contribution is 6.00. The monoisotopic (exact) mass is 381 g/mol. The number of nitrogens with two attached hydrogens (primary N) is 1. The van der Waals surface area contributed by atoms with E-state index in [0.29, 0.717) is 47.8 Å². The number of carbonyl (C=O) groups is 1. The first-order valence-corrected chi connectivity index (χ1v) is 9.09. The number of hydrogen-bond donors (Lipinski definition) is 1. The molecule has 0 atom stereocenters. The van der Waals surface area contributed by atoms with Crippen LogP contribution < -0.4 is 5.73 Å². The molecule has 0 aliphatic carbocycles. The van der Waals surface area contributed by atoms with Gasteiger partial charge in [0, 0.05) is 12.1 Å². The first-order chi connectivity index (χ1) is 13.3. The third-order valence-electron chi connectivity index (χ3n) is 4.66. The second-order valence-corrected chi connectivity index (χ2v) is 6.85. The first-order valence-electron chi connectivity index (χ1n) is 9.09. The number of halogens is 1. The van der Waals surface area contributed by atoms with Crippen molar-refractivity contribution < 1.29 is 9.18 Å². The normalized spacial score (nSPS) is 14.4. The van der Waals surface area contributed by atoms with Crippen LogP contribution in [-0.2, 0) is 13.1 Å². The summed E-state index contributed by atoms with van der Waals surface area (Å²) in [4.78, 5) is 18.8. The Balaban J connectivity index is 2.02. The highest BCUT2D eigenvalue weighted by Crippen LogP contribution is 2.29. The van der Waals surface area contributed by atoms with Crippen LogP contribution in [-0.4, -0.2) is 33.0 Å². The van der Waals surface area contributed by atoms with E-state index in [1.165, 1.54) is 12.1 Å². The molecule has 28 heavy (non-hydrogen) atoms. The third kappa shape index (κ3) is 3.88. The Morgan fingerprint density at radius 2 is 2.11 bits per heavy atom. The fourth-order valence-corrected chi connectivity index (χ4v) is 3.44. The van der Waals surface area contributed by atoms with Crippen LogP contribution in [0.1, 0.15) is 35.5 Å². The summed E-state index contributed by atoms with van der Waals surface area (Å²) in [5.74, 6) is -0.148. The molecule has 7 heteroatoms. The number of amidine groups is 1. The van der Waals surface area contributed by atoms with E-state index in [-0.39, 0.29) is 5.82 Å². The van der Waals surface area contributed by atoms with Gasteiger partial charge in [0.1, 0.15) is 17.3 Å². The van der Waals surface area contributed by atoms with Crippen molar-refractivity contribution in [2.45, 2.75) is 33.9 Å². The van der Waals surface area contributed by atoms with E-state index in [4.69, 9.17) is 5.73 Å². The maximum absolute atomic E-state index is 13.9. The van der Waals surface area contributed by atoms with E-state index in [1.807, 2.05) is 26.0 Å². The molecule has 0 bridgehead atoms. The van der Waals surface area contributed by atoms with Crippen molar-refractivity contribution in [2.24, 2.45) is 10.7 Å². The average molecular weight is 381 g/mol. The molecular formula is C21H24FN5O.